The summed E-state index contributed by atoms with van der Waals surface area (Å²) in [6.07, 6.45) is 6.47. The van der Waals surface area contributed by atoms with Crippen LogP contribution in [0.15, 0.2) is 24.0 Å². The zero-order valence-electron chi connectivity index (χ0n) is 4.34. The van der Waals surface area contributed by atoms with E-state index in [0.29, 0.717) is 9.68 Å². The molecular weight excluding hydrogens is 215 g/mol. The molecule has 1 rings (SSSR count). The van der Waals surface area contributed by atoms with E-state index in [1.807, 2.05) is 6.08 Å². The van der Waals surface area contributed by atoms with Crippen molar-refractivity contribution in [2.45, 2.75) is 10.3 Å². The maximum absolute atomic E-state index is 8.88. The molecule has 1 N–H and O–H groups in total. The molecule has 0 unspecified atom stereocenters. The summed E-state index contributed by atoms with van der Waals surface area (Å²) in [5.74, 6) is 0.493. The smallest absolute Gasteiger partial charge is 0.0936 e. The summed E-state index contributed by atoms with van der Waals surface area (Å²) in [6.45, 7) is 0. The molecule has 0 saturated heterocycles. The van der Waals surface area contributed by atoms with Gasteiger partial charge in [0.05, 0.1) is 5.76 Å². The van der Waals surface area contributed by atoms with Gasteiger partial charge in [-0.3, -0.25) is 0 Å². The minimum atomic E-state index is 0.484. The van der Waals surface area contributed by atoms with E-state index >= 15 is 0 Å². The van der Waals surface area contributed by atoms with Crippen molar-refractivity contribution >= 4 is 22.6 Å². The summed E-state index contributed by atoms with van der Waals surface area (Å²) < 4.78 is 0.484. The van der Waals surface area contributed by atoms with Gasteiger partial charge in [-0.15, -0.1) is 0 Å². The van der Waals surface area contributed by atoms with Crippen LogP contribution in [0.5, 0.6) is 0 Å². The first-order chi connectivity index (χ1) is 3.79. The molecule has 0 aromatic heterocycles. The summed E-state index contributed by atoms with van der Waals surface area (Å²) in [5.41, 5.74) is 0. The van der Waals surface area contributed by atoms with E-state index in [9.17, 15) is 0 Å². The van der Waals surface area contributed by atoms with Crippen LogP contribution in [0, 0.1) is 0 Å². The Balaban J connectivity index is 2.59. The number of allylic oxidation sites excluding steroid dienone is 4. The topological polar surface area (TPSA) is 20.2 Å². The minimum absolute atomic E-state index is 0.484. The maximum atomic E-state index is 8.88. The molecule has 2 heteroatoms. The van der Waals surface area contributed by atoms with Crippen LogP contribution in [0.4, 0.5) is 0 Å². The lowest BCUT2D eigenvalue weighted by Crippen LogP contribution is -1.97. The number of hydrogen-bond acceptors (Lipinski definition) is 1. The van der Waals surface area contributed by atoms with Crippen LogP contribution in [-0.2, 0) is 0 Å². The third-order valence-electron chi connectivity index (χ3n) is 1.01. The Morgan fingerprint density at radius 1 is 1.75 bits per heavy atom. The second kappa shape index (κ2) is 2.53. The molecule has 0 aromatic carbocycles. The van der Waals surface area contributed by atoms with Crippen molar-refractivity contribution in [2.24, 2.45) is 0 Å². The van der Waals surface area contributed by atoms with Gasteiger partial charge in [-0.1, -0.05) is 34.7 Å². The van der Waals surface area contributed by atoms with Gasteiger partial charge in [-0.05, 0) is 6.08 Å². The first-order valence-corrected chi connectivity index (χ1v) is 3.74. The number of aliphatic hydroxyl groups is 1. The molecule has 8 heavy (non-hydrogen) atoms. The van der Waals surface area contributed by atoms with Crippen LogP contribution in [0.3, 0.4) is 0 Å². The highest BCUT2D eigenvalue weighted by atomic mass is 127. The van der Waals surface area contributed by atoms with Gasteiger partial charge in [-0.25, -0.2) is 0 Å². The average Bonchev–Trinajstić information content (AvgIpc) is 1.64. The van der Waals surface area contributed by atoms with Gasteiger partial charge in [0.25, 0.3) is 0 Å². The molecule has 1 atom stereocenters. The van der Waals surface area contributed by atoms with Crippen molar-refractivity contribution in [3.63, 3.8) is 0 Å². The number of halogens is 1. The molecule has 1 aliphatic rings. The molecule has 1 aliphatic carbocycles. The van der Waals surface area contributed by atoms with Crippen molar-refractivity contribution in [3.8, 4) is 0 Å². The molecular formula is C6H7IO. The van der Waals surface area contributed by atoms with E-state index in [4.69, 9.17) is 5.11 Å². The van der Waals surface area contributed by atoms with Gasteiger partial charge in [-0.2, -0.15) is 0 Å². The van der Waals surface area contributed by atoms with Crippen LogP contribution < -0.4 is 0 Å². The fourth-order valence-corrected chi connectivity index (χ4v) is 1.31. The standard InChI is InChI=1S/C6H7IO/c7-5-2-1-3-6(8)4-5/h1-3,5,8H,4H2/t5-/m0/s1. The quantitative estimate of drug-likeness (QED) is 0.492. The maximum Gasteiger partial charge on any atom is 0.0936 e. The van der Waals surface area contributed by atoms with Crippen molar-refractivity contribution in [3.05, 3.63) is 24.0 Å². The number of aliphatic hydroxyl groups excluding tert-OH is 1. The van der Waals surface area contributed by atoms with E-state index in [2.05, 4.69) is 28.7 Å². The molecule has 0 amide bonds. The highest BCUT2D eigenvalue weighted by Crippen LogP contribution is 2.16. The van der Waals surface area contributed by atoms with Crippen LogP contribution >= 0.6 is 22.6 Å². The molecule has 44 valence electrons. The Morgan fingerprint density at radius 2 is 2.50 bits per heavy atom. The Labute approximate surface area is 62.2 Å². The second-order valence-electron chi connectivity index (χ2n) is 1.76. The highest BCUT2D eigenvalue weighted by Gasteiger charge is 2.04. The molecule has 0 bridgehead atoms. The molecule has 0 radical (unpaired) electrons. The summed E-state index contributed by atoms with van der Waals surface area (Å²) >= 11 is 2.28. The number of alkyl halides is 1. The Kier molecular flexibility index (Phi) is 1.94. The average molecular weight is 222 g/mol. The zero-order valence-corrected chi connectivity index (χ0v) is 6.50. The van der Waals surface area contributed by atoms with Crippen molar-refractivity contribution < 1.29 is 5.11 Å². The lowest BCUT2D eigenvalue weighted by atomic mass is 10.2. The predicted molar refractivity (Wildman–Crippen MR) is 42.3 cm³/mol. The van der Waals surface area contributed by atoms with Crippen LogP contribution in [0.1, 0.15) is 6.42 Å². The predicted octanol–water partition coefficient (Wildman–Crippen LogP) is 2.19. The van der Waals surface area contributed by atoms with Crippen LogP contribution in [0.2, 0.25) is 0 Å². The fourth-order valence-electron chi connectivity index (χ4n) is 0.623. The van der Waals surface area contributed by atoms with Crippen LogP contribution in [-0.4, -0.2) is 9.03 Å². The largest absolute Gasteiger partial charge is 0.512 e. The van der Waals surface area contributed by atoms with Crippen molar-refractivity contribution in [2.75, 3.05) is 0 Å². The van der Waals surface area contributed by atoms with E-state index in [0.717, 1.165) is 6.42 Å². The normalized spacial score (nSPS) is 27.6. The Bertz CT molecular complexity index is 137. The van der Waals surface area contributed by atoms with E-state index < -0.39 is 0 Å². The molecule has 0 spiro atoms. The van der Waals surface area contributed by atoms with E-state index in [-0.39, 0.29) is 0 Å². The third kappa shape index (κ3) is 1.51. The Hall–Kier alpha value is 0.01000. The number of rotatable bonds is 0. The van der Waals surface area contributed by atoms with Gasteiger partial charge < -0.3 is 5.11 Å². The number of hydrogen-bond donors (Lipinski definition) is 1. The van der Waals surface area contributed by atoms with Gasteiger partial charge >= 0.3 is 0 Å². The summed E-state index contributed by atoms with van der Waals surface area (Å²) in [4.78, 5) is 0. The molecule has 0 heterocycles. The fraction of sp³-hybridized carbons (Fsp3) is 0.333. The summed E-state index contributed by atoms with van der Waals surface area (Å²) in [5, 5.41) is 8.88. The van der Waals surface area contributed by atoms with Gasteiger partial charge in [0.2, 0.25) is 0 Å². The van der Waals surface area contributed by atoms with E-state index in [1.165, 1.54) is 0 Å². The highest BCUT2D eigenvalue weighted by molar-refractivity contribution is 14.1. The van der Waals surface area contributed by atoms with E-state index in [1.54, 1.807) is 6.08 Å². The Morgan fingerprint density at radius 3 is 2.88 bits per heavy atom. The zero-order chi connectivity index (χ0) is 5.98. The first-order valence-electron chi connectivity index (χ1n) is 2.49. The lowest BCUT2D eigenvalue weighted by molar-refractivity contribution is 0.390. The molecule has 0 aliphatic heterocycles. The monoisotopic (exact) mass is 222 g/mol. The first kappa shape index (κ1) is 6.13. The van der Waals surface area contributed by atoms with Gasteiger partial charge in [0.15, 0.2) is 0 Å². The van der Waals surface area contributed by atoms with Crippen molar-refractivity contribution in [1.29, 1.82) is 0 Å². The molecule has 1 nitrogen and oxygen atoms in total. The molecule has 0 saturated carbocycles. The van der Waals surface area contributed by atoms with Crippen LogP contribution in [0.25, 0.3) is 0 Å². The van der Waals surface area contributed by atoms with Gasteiger partial charge in [0, 0.05) is 10.3 Å². The summed E-state index contributed by atoms with van der Waals surface area (Å²) in [7, 11) is 0. The van der Waals surface area contributed by atoms with Crippen molar-refractivity contribution in [1.82, 2.24) is 0 Å². The SMILES string of the molecule is OC1=CC=C[C@H](I)C1. The summed E-state index contributed by atoms with van der Waals surface area (Å²) in [6, 6.07) is 0. The lowest BCUT2D eigenvalue weighted by Gasteiger charge is -2.05. The third-order valence-corrected chi connectivity index (χ3v) is 1.87. The molecule has 0 aromatic rings. The molecule has 0 fully saturated rings. The second-order valence-corrected chi connectivity index (χ2v) is 3.36. The minimum Gasteiger partial charge on any atom is -0.512 e. The van der Waals surface area contributed by atoms with Gasteiger partial charge in [0.1, 0.15) is 0 Å².